The predicted molar refractivity (Wildman–Crippen MR) is 54.6 cm³/mol. The molecule has 0 saturated heterocycles. The first-order valence-corrected chi connectivity index (χ1v) is 4.71. The number of anilines is 2. The van der Waals surface area contributed by atoms with Crippen LogP contribution >= 0.6 is 0 Å². The second-order valence-corrected chi connectivity index (χ2v) is 3.77. The molecule has 1 heterocycles. The summed E-state index contributed by atoms with van der Waals surface area (Å²) in [5.41, 5.74) is 7.66. The molecular weight excluding hydrogens is 162 g/mol. The molecule has 0 bridgehead atoms. The van der Waals surface area contributed by atoms with E-state index in [0.717, 1.165) is 29.5 Å². The van der Waals surface area contributed by atoms with Gasteiger partial charge < -0.3 is 11.1 Å². The maximum atomic E-state index is 5.80. The number of nitrogens with two attached hydrogens (primary N) is 1. The third kappa shape index (κ3) is 2.11. The van der Waals surface area contributed by atoms with E-state index in [1.165, 1.54) is 12.8 Å². The first kappa shape index (κ1) is 8.35. The summed E-state index contributed by atoms with van der Waals surface area (Å²) in [6.45, 7) is 3.01. The van der Waals surface area contributed by atoms with Crippen LogP contribution in [0.4, 0.5) is 11.5 Å². The zero-order valence-corrected chi connectivity index (χ0v) is 7.88. The SMILES string of the molecule is Cc1cnc(NCC2CC2)c(N)c1. The third-order valence-corrected chi connectivity index (χ3v) is 2.31. The summed E-state index contributed by atoms with van der Waals surface area (Å²) in [5, 5.41) is 3.27. The van der Waals surface area contributed by atoms with Crippen LogP contribution in [0.3, 0.4) is 0 Å². The number of nitrogen functional groups attached to an aromatic ring is 1. The fraction of sp³-hybridized carbons (Fsp3) is 0.500. The summed E-state index contributed by atoms with van der Waals surface area (Å²) >= 11 is 0. The van der Waals surface area contributed by atoms with Crippen molar-refractivity contribution < 1.29 is 0 Å². The zero-order valence-electron chi connectivity index (χ0n) is 7.88. The van der Waals surface area contributed by atoms with Gasteiger partial charge in [-0.05, 0) is 37.3 Å². The van der Waals surface area contributed by atoms with Crippen molar-refractivity contribution in [3.8, 4) is 0 Å². The van der Waals surface area contributed by atoms with Crippen molar-refractivity contribution in [2.24, 2.45) is 5.92 Å². The third-order valence-electron chi connectivity index (χ3n) is 2.31. The normalized spacial score (nSPS) is 15.8. The van der Waals surface area contributed by atoms with Gasteiger partial charge in [0.25, 0.3) is 0 Å². The summed E-state index contributed by atoms with van der Waals surface area (Å²) in [6.07, 6.45) is 4.53. The Morgan fingerprint density at radius 1 is 1.62 bits per heavy atom. The van der Waals surface area contributed by atoms with Gasteiger partial charge in [-0.15, -0.1) is 0 Å². The van der Waals surface area contributed by atoms with Crippen LogP contribution in [0, 0.1) is 12.8 Å². The van der Waals surface area contributed by atoms with Gasteiger partial charge in [0.2, 0.25) is 0 Å². The summed E-state index contributed by atoms with van der Waals surface area (Å²) in [6, 6.07) is 1.95. The largest absolute Gasteiger partial charge is 0.396 e. The minimum Gasteiger partial charge on any atom is -0.396 e. The Kier molecular flexibility index (Phi) is 2.08. The molecule has 0 unspecified atom stereocenters. The lowest BCUT2D eigenvalue weighted by atomic mass is 10.3. The summed E-state index contributed by atoms with van der Waals surface area (Å²) in [4.78, 5) is 4.24. The number of aryl methyl sites for hydroxylation is 1. The van der Waals surface area contributed by atoms with Crippen molar-refractivity contribution in [2.75, 3.05) is 17.6 Å². The number of nitrogens with zero attached hydrogens (tertiary/aromatic N) is 1. The molecule has 1 saturated carbocycles. The quantitative estimate of drug-likeness (QED) is 0.740. The van der Waals surface area contributed by atoms with Gasteiger partial charge in [-0.25, -0.2) is 4.98 Å². The van der Waals surface area contributed by atoms with Crippen LogP contribution in [-0.4, -0.2) is 11.5 Å². The summed E-state index contributed by atoms with van der Waals surface area (Å²) in [7, 11) is 0. The van der Waals surface area contributed by atoms with Gasteiger partial charge in [0.05, 0.1) is 5.69 Å². The highest BCUT2D eigenvalue weighted by atomic mass is 15.0. The van der Waals surface area contributed by atoms with E-state index in [0.29, 0.717) is 0 Å². The van der Waals surface area contributed by atoms with Crippen molar-refractivity contribution in [1.82, 2.24) is 4.98 Å². The molecule has 3 heteroatoms. The molecule has 1 aromatic heterocycles. The van der Waals surface area contributed by atoms with Crippen LogP contribution in [-0.2, 0) is 0 Å². The zero-order chi connectivity index (χ0) is 9.26. The van der Waals surface area contributed by atoms with E-state index >= 15 is 0 Å². The van der Waals surface area contributed by atoms with Crippen LogP contribution < -0.4 is 11.1 Å². The van der Waals surface area contributed by atoms with Crippen molar-refractivity contribution in [2.45, 2.75) is 19.8 Å². The van der Waals surface area contributed by atoms with Crippen LogP contribution in [0.1, 0.15) is 18.4 Å². The standard InChI is InChI=1S/C10H15N3/c1-7-4-9(11)10(12-5-7)13-6-8-2-3-8/h4-5,8H,2-3,6,11H2,1H3,(H,12,13). The first-order chi connectivity index (χ1) is 6.25. The molecule has 0 amide bonds. The molecule has 3 nitrogen and oxygen atoms in total. The highest BCUT2D eigenvalue weighted by Crippen LogP contribution is 2.29. The maximum absolute atomic E-state index is 5.80. The fourth-order valence-corrected chi connectivity index (χ4v) is 1.30. The maximum Gasteiger partial charge on any atom is 0.149 e. The molecular formula is C10H15N3. The van der Waals surface area contributed by atoms with Crippen LogP contribution in [0.2, 0.25) is 0 Å². The van der Waals surface area contributed by atoms with Gasteiger partial charge in [0.15, 0.2) is 0 Å². The lowest BCUT2D eigenvalue weighted by molar-refractivity contribution is 0.883. The average Bonchev–Trinajstić information content (AvgIpc) is 2.86. The van der Waals surface area contributed by atoms with Gasteiger partial charge in [-0.3, -0.25) is 0 Å². The molecule has 0 radical (unpaired) electrons. The van der Waals surface area contributed by atoms with Crippen molar-refractivity contribution in [3.05, 3.63) is 17.8 Å². The molecule has 2 rings (SSSR count). The number of nitrogens with one attached hydrogen (secondary N) is 1. The minimum atomic E-state index is 0.751. The fourth-order valence-electron chi connectivity index (χ4n) is 1.30. The van der Waals surface area contributed by atoms with E-state index in [2.05, 4.69) is 10.3 Å². The Hall–Kier alpha value is -1.25. The van der Waals surface area contributed by atoms with E-state index in [-0.39, 0.29) is 0 Å². The second kappa shape index (κ2) is 3.24. The molecule has 13 heavy (non-hydrogen) atoms. The Morgan fingerprint density at radius 2 is 2.38 bits per heavy atom. The van der Waals surface area contributed by atoms with E-state index in [1.807, 2.05) is 19.2 Å². The summed E-state index contributed by atoms with van der Waals surface area (Å²) in [5.74, 6) is 1.68. The highest BCUT2D eigenvalue weighted by Gasteiger charge is 2.20. The predicted octanol–water partition coefficient (Wildman–Crippen LogP) is 1.79. The van der Waals surface area contributed by atoms with Gasteiger partial charge in [-0.1, -0.05) is 0 Å². The van der Waals surface area contributed by atoms with Gasteiger partial charge in [0, 0.05) is 12.7 Å². The molecule has 0 atom stereocenters. The van der Waals surface area contributed by atoms with Crippen LogP contribution in [0.15, 0.2) is 12.3 Å². The van der Waals surface area contributed by atoms with Crippen molar-refractivity contribution in [1.29, 1.82) is 0 Å². The van der Waals surface area contributed by atoms with E-state index < -0.39 is 0 Å². The molecule has 0 spiro atoms. The van der Waals surface area contributed by atoms with E-state index in [9.17, 15) is 0 Å². The number of pyridine rings is 1. The van der Waals surface area contributed by atoms with E-state index in [4.69, 9.17) is 5.73 Å². The smallest absolute Gasteiger partial charge is 0.149 e. The molecule has 1 fully saturated rings. The number of rotatable bonds is 3. The Bertz CT molecular complexity index is 305. The Balaban J connectivity index is 2.01. The number of aromatic nitrogens is 1. The Labute approximate surface area is 78.4 Å². The van der Waals surface area contributed by atoms with Gasteiger partial charge in [0.1, 0.15) is 5.82 Å². The molecule has 0 aliphatic heterocycles. The van der Waals surface area contributed by atoms with Crippen molar-refractivity contribution >= 4 is 11.5 Å². The van der Waals surface area contributed by atoms with Crippen molar-refractivity contribution in [3.63, 3.8) is 0 Å². The highest BCUT2D eigenvalue weighted by molar-refractivity contribution is 5.61. The lowest BCUT2D eigenvalue weighted by Gasteiger charge is -2.07. The average molecular weight is 177 g/mol. The minimum absolute atomic E-state index is 0.751. The molecule has 70 valence electrons. The number of hydrogen-bond acceptors (Lipinski definition) is 3. The molecule has 1 aliphatic rings. The van der Waals surface area contributed by atoms with Crippen LogP contribution in [0.5, 0.6) is 0 Å². The molecule has 1 aromatic rings. The molecule has 1 aliphatic carbocycles. The molecule has 0 aromatic carbocycles. The molecule has 3 N–H and O–H groups in total. The second-order valence-electron chi connectivity index (χ2n) is 3.77. The topological polar surface area (TPSA) is 50.9 Å². The van der Waals surface area contributed by atoms with Gasteiger partial charge >= 0.3 is 0 Å². The first-order valence-electron chi connectivity index (χ1n) is 4.71. The van der Waals surface area contributed by atoms with E-state index in [1.54, 1.807) is 0 Å². The number of hydrogen-bond donors (Lipinski definition) is 2. The summed E-state index contributed by atoms with van der Waals surface area (Å²) < 4.78 is 0. The van der Waals surface area contributed by atoms with Gasteiger partial charge in [-0.2, -0.15) is 0 Å². The lowest BCUT2D eigenvalue weighted by Crippen LogP contribution is -2.07. The monoisotopic (exact) mass is 177 g/mol. The Morgan fingerprint density at radius 3 is 3.00 bits per heavy atom. The van der Waals surface area contributed by atoms with Crippen LogP contribution in [0.25, 0.3) is 0 Å².